The average Bonchev–Trinajstić information content (AvgIpc) is 2.53. The van der Waals surface area contributed by atoms with Crippen molar-refractivity contribution in [2.24, 2.45) is 10.7 Å². The van der Waals surface area contributed by atoms with Gasteiger partial charge in [-0.1, -0.05) is 19.1 Å². The molecule has 0 fully saturated rings. The molecule has 0 unspecified atom stereocenters. The number of rotatable bonds is 6. The molecule has 2 rings (SSSR count). The number of nitrogens with zero attached hydrogens (tertiary/aromatic N) is 1. The van der Waals surface area contributed by atoms with Crippen LogP contribution in [0.2, 0.25) is 0 Å². The molecule has 0 atom stereocenters. The van der Waals surface area contributed by atoms with Crippen LogP contribution in [0.3, 0.4) is 0 Å². The zero-order valence-electron chi connectivity index (χ0n) is 13.3. The predicted molar refractivity (Wildman–Crippen MR) is 103 cm³/mol. The van der Waals surface area contributed by atoms with Crippen molar-refractivity contribution < 1.29 is 13.5 Å². The van der Waals surface area contributed by atoms with Crippen LogP contribution in [-0.4, -0.2) is 19.1 Å². The number of guanidine groups is 1. The number of nitrogens with one attached hydrogen (secondary N) is 1. The van der Waals surface area contributed by atoms with Crippen LogP contribution in [0.1, 0.15) is 12.5 Å². The molecule has 3 N–H and O–H groups in total. The quantitative estimate of drug-likeness (QED) is 0.305. The van der Waals surface area contributed by atoms with E-state index in [9.17, 15) is 8.78 Å². The molecule has 4 nitrogen and oxygen atoms in total. The Balaban J connectivity index is 0.00000288. The summed E-state index contributed by atoms with van der Waals surface area (Å²) in [6.45, 7) is 2.46. The predicted octanol–water partition coefficient (Wildman–Crippen LogP) is 3.95. The van der Waals surface area contributed by atoms with Gasteiger partial charge in [-0.05, 0) is 36.2 Å². The van der Waals surface area contributed by atoms with E-state index < -0.39 is 11.6 Å². The minimum Gasteiger partial charge on any atom is -0.489 e. The van der Waals surface area contributed by atoms with Gasteiger partial charge in [-0.25, -0.2) is 13.8 Å². The van der Waals surface area contributed by atoms with Gasteiger partial charge < -0.3 is 15.8 Å². The Kier molecular flexibility index (Phi) is 8.45. The molecule has 0 aliphatic heterocycles. The molecule has 0 amide bonds. The van der Waals surface area contributed by atoms with Crippen molar-refractivity contribution in [2.45, 2.75) is 13.3 Å². The second-order valence-electron chi connectivity index (χ2n) is 4.87. The van der Waals surface area contributed by atoms with E-state index in [-0.39, 0.29) is 48.8 Å². The highest BCUT2D eigenvalue weighted by atomic mass is 127. The van der Waals surface area contributed by atoms with Gasteiger partial charge in [0.05, 0.1) is 6.54 Å². The van der Waals surface area contributed by atoms with Crippen LogP contribution in [-0.2, 0) is 6.42 Å². The normalized spacial score (nSPS) is 10.9. The minimum atomic E-state index is -0.739. The van der Waals surface area contributed by atoms with Crippen LogP contribution in [0, 0.1) is 11.6 Å². The maximum absolute atomic E-state index is 13.4. The van der Waals surface area contributed by atoms with Crippen LogP contribution in [0.4, 0.5) is 14.5 Å². The number of aryl methyl sites for hydroxylation is 1. The molecule has 2 aromatic rings. The summed E-state index contributed by atoms with van der Waals surface area (Å²) >= 11 is 0. The Bertz CT molecular complexity index is 695. The van der Waals surface area contributed by atoms with Gasteiger partial charge in [-0.2, -0.15) is 0 Å². The molecule has 2 aromatic carbocycles. The first-order chi connectivity index (χ1) is 11.1. The van der Waals surface area contributed by atoms with Crippen molar-refractivity contribution >= 4 is 35.6 Å². The molecule has 0 aromatic heterocycles. The zero-order chi connectivity index (χ0) is 16.7. The van der Waals surface area contributed by atoms with E-state index in [1.54, 1.807) is 0 Å². The molecule has 0 spiro atoms. The third-order valence-corrected chi connectivity index (χ3v) is 3.13. The number of benzene rings is 2. The summed E-state index contributed by atoms with van der Waals surface area (Å²) in [4.78, 5) is 4.10. The van der Waals surface area contributed by atoms with E-state index in [0.29, 0.717) is 0 Å². The Labute approximate surface area is 157 Å². The van der Waals surface area contributed by atoms with Crippen molar-refractivity contribution in [3.63, 3.8) is 0 Å². The van der Waals surface area contributed by atoms with Crippen LogP contribution in [0.25, 0.3) is 0 Å². The Morgan fingerprint density at radius 3 is 2.71 bits per heavy atom. The third-order valence-electron chi connectivity index (χ3n) is 3.13. The fraction of sp³-hybridized carbons (Fsp3) is 0.235. The van der Waals surface area contributed by atoms with E-state index >= 15 is 0 Å². The van der Waals surface area contributed by atoms with Gasteiger partial charge in [-0.3, -0.25) is 0 Å². The number of hydrogen-bond donors (Lipinski definition) is 2. The number of nitrogens with two attached hydrogens (primary N) is 1. The average molecular weight is 447 g/mol. The highest BCUT2D eigenvalue weighted by Gasteiger charge is 2.04. The topological polar surface area (TPSA) is 59.6 Å². The summed E-state index contributed by atoms with van der Waals surface area (Å²) < 4.78 is 31.3. The van der Waals surface area contributed by atoms with Gasteiger partial charge in [0, 0.05) is 11.8 Å². The summed E-state index contributed by atoms with van der Waals surface area (Å²) in [5.74, 6) is -1.14. The van der Waals surface area contributed by atoms with Crippen molar-refractivity contribution in [3.05, 3.63) is 59.7 Å². The first-order valence-electron chi connectivity index (χ1n) is 7.32. The van der Waals surface area contributed by atoms with E-state index in [1.807, 2.05) is 24.3 Å². The molecule has 0 aliphatic rings. The second kappa shape index (κ2) is 10.1. The number of ether oxygens (including phenoxy) is 1. The molecule has 7 heteroatoms. The van der Waals surface area contributed by atoms with Crippen molar-refractivity contribution in [2.75, 3.05) is 18.5 Å². The highest BCUT2D eigenvalue weighted by Crippen LogP contribution is 2.17. The van der Waals surface area contributed by atoms with E-state index in [0.717, 1.165) is 24.2 Å². The number of halogens is 3. The first-order valence-corrected chi connectivity index (χ1v) is 7.32. The molecule has 0 bridgehead atoms. The van der Waals surface area contributed by atoms with Gasteiger partial charge in [-0.15, -0.1) is 24.0 Å². The van der Waals surface area contributed by atoms with Gasteiger partial charge in [0.25, 0.3) is 0 Å². The van der Waals surface area contributed by atoms with Gasteiger partial charge >= 0.3 is 0 Å². The molecular weight excluding hydrogens is 427 g/mol. The Morgan fingerprint density at radius 2 is 2.00 bits per heavy atom. The standard InChI is InChI=1S/C17H19F2N3O.HI/c1-2-12-4-3-5-14(10-12)22-17(20)21-8-9-23-16-7-6-13(18)11-15(16)19;/h3-7,10-11H,2,8-9H2,1H3,(H3,20,21,22);1H. The summed E-state index contributed by atoms with van der Waals surface area (Å²) in [6.07, 6.45) is 0.934. The number of aliphatic imine (C=N–C) groups is 1. The minimum absolute atomic E-state index is 0. The Morgan fingerprint density at radius 1 is 1.21 bits per heavy atom. The third kappa shape index (κ3) is 6.31. The molecule has 0 saturated heterocycles. The fourth-order valence-electron chi connectivity index (χ4n) is 1.97. The summed E-state index contributed by atoms with van der Waals surface area (Å²) in [7, 11) is 0. The van der Waals surface area contributed by atoms with Gasteiger partial charge in [0.2, 0.25) is 0 Å². The van der Waals surface area contributed by atoms with Crippen molar-refractivity contribution in [1.29, 1.82) is 0 Å². The molecule has 0 saturated carbocycles. The van der Waals surface area contributed by atoms with Crippen LogP contribution < -0.4 is 15.8 Å². The van der Waals surface area contributed by atoms with Gasteiger partial charge in [0.1, 0.15) is 12.4 Å². The maximum atomic E-state index is 13.4. The van der Waals surface area contributed by atoms with E-state index in [2.05, 4.69) is 17.2 Å². The maximum Gasteiger partial charge on any atom is 0.193 e. The smallest absolute Gasteiger partial charge is 0.193 e. The van der Waals surface area contributed by atoms with Crippen molar-refractivity contribution in [3.8, 4) is 5.75 Å². The first kappa shape index (κ1) is 20.1. The molecule has 0 heterocycles. The zero-order valence-corrected chi connectivity index (χ0v) is 15.6. The van der Waals surface area contributed by atoms with Crippen LogP contribution in [0.5, 0.6) is 5.75 Å². The molecule has 0 radical (unpaired) electrons. The largest absolute Gasteiger partial charge is 0.489 e. The molecule has 0 aliphatic carbocycles. The van der Waals surface area contributed by atoms with Crippen molar-refractivity contribution in [1.82, 2.24) is 0 Å². The lowest BCUT2D eigenvalue weighted by molar-refractivity contribution is 0.310. The molecular formula is C17H20F2IN3O. The summed E-state index contributed by atoms with van der Waals surface area (Å²) in [5.41, 5.74) is 7.84. The lowest BCUT2D eigenvalue weighted by Crippen LogP contribution is -2.23. The summed E-state index contributed by atoms with van der Waals surface area (Å²) in [5, 5.41) is 2.98. The Hall–Kier alpha value is -1.90. The lowest BCUT2D eigenvalue weighted by atomic mass is 10.1. The van der Waals surface area contributed by atoms with Gasteiger partial charge in [0.15, 0.2) is 17.5 Å². The molecule has 130 valence electrons. The van der Waals surface area contributed by atoms with E-state index in [1.165, 1.54) is 11.6 Å². The molecule has 24 heavy (non-hydrogen) atoms. The highest BCUT2D eigenvalue weighted by molar-refractivity contribution is 14.0. The second-order valence-corrected chi connectivity index (χ2v) is 4.87. The number of anilines is 1. The van der Waals surface area contributed by atoms with Crippen LogP contribution >= 0.6 is 24.0 Å². The lowest BCUT2D eigenvalue weighted by Gasteiger charge is -2.08. The SMILES string of the molecule is CCc1cccc(NC(N)=NCCOc2ccc(F)cc2F)c1.I. The monoisotopic (exact) mass is 447 g/mol. The number of hydrogen-bond acceptors (Lipinski definition) is 2. The van der Waals surface area contributed by atoms with E-state index in [4.69, 9.17) is 10.5 Å². The fourth-order valence-corrected chi connectivity index (χ4v) is 1.97. The van der Waals surface area contributed by atoms with Crippen LogP contribution in [0.15, 0.2) is 47.5 Å². The summed E-state index contributed by atoms with van der Waals surface area (Å²) in [6, 6.07) is 11.0.